The molecule has 0 aromatic rings. The average Bonchev–Trinajstić information content (AvgIpc) is 3.22. The molecule has 0 bridgehead atoms. The SMILES string of the molecule is CC1(C(=O)O)CCCCN1C(=O)NCCC(=O)NC1CC1. The number of nitrogens with zero attached hydrogens (tertiary/aromatic N) is 1. The maximum absolute atomic E-state index is 12.2. The van der Waals surface area contributed by atoms with Crippen LogP contribution in [-0.4, -0.2) is 52.6 Å². The number of carboxylic acids is 1. The largest absolute Gasteiger partial charge is 0.480 e. The Morgan fingerprint density at radius 3 is 2.62 bits per heavy atom. The molecule has 2 aliphatic rings. The molecule has 1 heterocycles. The van der Waals surface area contributed by atoms with Gasteiger partial charge in [0.2, 0.25) is 5.91 Å². The molecule has 3 amide bonds. The summed E-state index contributed by atoms with van der Waals surface area (Å²) in [6, 6.07) is -0.0931. The van der Waals surface area contributed by atoms with Crippen LogP contribution in [0.3, 0.4) is 0 Å². The van der Waals surface area contributed by atoms with Crippen LogP contribution in [0.1, 0.15) is 45.4 Å². The quantitative estimate of drug-likeness (QED) is 0.695. The van der Waals surface area contributed by atoms with Gasteiger partial charge in [0.25, 0.3) is 0 Å². The Bertz CT molecular complexity index is 436. The molecule has 1 aliphatic heterocycles. The van der Waals surface area contributed by atoms with Crippen LogP contribution in [0.4, 0.5) is 4.79 Å². The lowest BCUT2D eigenvalue weighted by atomic mass is 9.89. The fourth-order valence-electron chi connectivity index (χ4n) is 2.57. The molecular weight excluding hydrogens is 274 g/mol. The van der Waals surface area contributed by atoms with Crippen LogP contribution in [0.2, 0.25) is 0 Å². The fourth-order valence-corrected chi connectivity index (χ4v) is 2.57. The van der Waals surface area contributed by atoms with Crippen LogP contribution < -0.4 is 10.6 Å². The highest BCUT2D eigenvalue weighted by molar-refractivity contribution is 5.86. The molecule has 118 valence electrons. The average molecular weight is 297 g/mol. The van der Waals surface area contributed by atoms with Crippen molar-refractivity contribution in [3.63, 3.8) is 0 Å². The van der Waals surface area contributed by atoms with Crippen LogP contribution >= 0.6 is 0 Å². The van der Waals surface area contributed by atoms with Gasteiger partial charge in [-0.05, 0) is 39.0 Å². The first-order chi connectivity index (χ1) is 9.93. The molecular formula is C14H23N3O4. The van der Waals surface area contributed by atoms with Crippen LogP contribution in [-0.2, 0) is 9.59 Å². The Morgan fingerprint density at radius 2 is 2.00 bits per heavy atom. The summed E-state index contributed by atoms with van der Waals surface area (Å²) in [7, 11) is 0. The number of urea groups is 1. The number of amides is 3. The number of rotatable bonds is 5. The van der Waals surface area contributed by atoms with E-state index < -0.39 is 17.5 Å². The summed E-state index contributed by atoms with van der Waals surface area (Å²) in [5.41, 5.74) is -1.15. The lowest BCUT2D eigenvalue weighted by molar-refractivity contribution is -0.150. The van der Waals surface area contributed by atoms with Gasteiger partial charge in [-0.1, -0.05) is 0 Å². The number of hydrogen-bond acceptors (Lipinski definition) is 3. The number of aliphatic carboxylic acids is 1. The zero-order valence-corrected chi connectivity index (χ0v) is 12.4. The molecule has 7 nitrogen and oxygen atoms in total. The van der Waals surface area contributed by atoms with E-state index in [1.165, 1.54) is 4.90 Å². The van der Waals surface area contributed by atoms with Crippen LogP contribution in [0.15, 0.2) is 0 Å². The van der Waals surface area contributed by atoms with Gasteiger partial charge in [0.15, 0.2) is 0 Å². The van der Waals surface area contributed by atoms with Crippen molar-refractivity contribution in [2.75, 3.05) is 13.1 Å². The second-order valence-electron chi connectivity index (χ2n) is 6.01. The molecule has 1 atom stereocenters. The van der Waals surface area contributed by atoms with E-state index in [4.69, 9.17) is 0 Å². The third-order valence-electron chi connectivity index (χ3n) is 4.17. The highest BCUT2D eigenvalue weighted by Crippen LogP contribution is 2.28. The summed E-state index contributed by atoms with van der Waals surface area (Å²) in [4.78, 5) is 36.5. The minimum atomic E-state index is -1.15. The van der Waals surface area contributed by atoms with Crippen LogP contribution in [0, 0.1) is 0 Å². The third kappa shape index (κ3) is 3.86. The van der Waals surface area contributed by atoms with Crippen molar-refractivity contribution < 1.29 is 19.5 Å². The smallest absolute Gasteiger partial charge is 0.329 e. The Balaban J connectivity index is 1.80. The lowest BCUT2D eigenvalue weighted by Gasteiger charge is -2.41. The molecule has 0 spiro atoms. The molecule has 0 aromatic carbocycles. The first-order valence-corrected chi connectivity index (χ1v) is 7.52. The Hall–Kier alpha value is -1.79. The van der Waals surface area contributed by atoms with E-state index in [1.807, 2.05) is 0 Å². The number of carboxylic acid groups (broad SMARTS) is 1. The molecule has 3 N–H and O–H groups in total. The Morgan fingerprint density at radius 1 is 1.29 bits per heavy atom. The Kier molecular flexibility index (Phi) is 4.69. The van der Waals surface area contributed by atoms with Gasteiger partial charge in [-0.2, -0.15) is 0 Å². The van der Waals surface area contributed by atoms with Gasteiger partial charge < -0.3 is 20.6 Å². The van der Waals surface area contributed by atoms with Gasteiger partial charge in [0.1, 0.15) is 5.54 Å². The number of hydrogen-bond donors (Lipinski definition) is 3. The number of likely N-dealkylation sites (tertiary alicyclic amines) is 1. The molecule has 1 saturated carbocycles. The summed E-state index contributed by atoms with van der Waals surface area (Å²) in [6.45, 7) is 2.24. The lowest BCUT2D eigenvalue weighted by Crippen LogP contribution is -2.60. The highest BCUT2D eigenvalue weighted by atomic mass is 16.4. The van der Waals surface area contributed by atoms with Gasteiger partial charge in [-0.3, -0.25) is 4.79 Å². The van der Waals surface area contributed by atoms with E-state index in [0.717, 1.165) is 25.7 Å². The molecule has 2 fully saturated rings. The summed E-state index contributed by atoms with van der Waals surface area (Å²) in [5, 5.41) is 14.8. The van der Waals surface area contributed by atoms with Crippen molar-refractivity contribution >= 4 is 17.9 Å². The number of carbonyl (C=O) groups excluding carboxylic acids is 2. The van der Waals surface area contributed by atoms with E-state index in [9.17, 15) is 19.5 Å². The minimum Gasteiger partial charge on any atom is -0.480 e. The van der Waals surface area contributed by atoms with Gasteiger partial charge >= 0.3 is 12.0 Å². The maximum Gasteiger partial charge on any atom is 0.329 e. The van der Waals surface area contributed by atoms with Gasteiger partial charge in [0.05, 0.1) is 0 Å². The summed E-state index contributed by atoms with van der Waals surface area (Å²) < 4.78 is 0. The normalized spacial score (nSPS) is 25.3. The number of piperidine rings is 1. The molecule has 7 heteroatoms. The molecule has 21 heavy (non-hydrogen) atoms. The molecule has 1 saturated heterocycles. The van der Waals surface area contributed by atoms with Crippen molar-refractivity contribution in [3.05, 3.63) is 0 Å². The monoisotopic (exact) mass is 297 g/mol. The second kappa shape index (κ2) is 6.32. The van der Waals surface area contributed by atoms with E-state index >= 15 is 0 Å². The number of nitrogens with one attached hydrogen (secondary N) is 2. The van der Waals surface area contributed by atoms with Crippen LogP contribution in [0.25, 0.3) is 0 Å². The summed E-state index contributed by atoms with van der Waals surface area (Å²) >= 11 is 0. The standard InChI is InChI=1S/C14H23N3O4/c1-14(12(19)20)7-2-3-9-17(14)13(21)15-8-6-11(18)16-10-4-5-10/h10H,2-9H2,1H3,(H,15,21)(H,16,18)(H,19,20). The first-order valence-electron chi connectivity index (χ1n) is 7.52. The zero-order chi connectivity index (χ0) is 15.5. The topological polar surface area (TPSA) is 98.7 Å². The first kappa shape index (κ1) is 15.6. The number of carbonyl (C=O) groups is 3. The van der Waals surface area contributed by atoms with Crippen molar-refractivity contribution in [3.8, 4) is 0 Å². The second-order valence-corrected chi connectivity index (χ2v) is 6.01. The molecule has 1 aliphatic carbocycles. The fraction of sp³-hybridized carbons (Fsp3) is 0.786. The van der Waals surface area contributed by atoms with Crippen molar-refractivity contribution in [1.29, 1.82) is 0 Å². The molecule has 2 rings (SSSR count). The van der Waals surface area contributed by atoms with Crippen molar-refractivity contribution in [1.82, 2.24) is 15.5 Å². The van der Waals surface area contributed by atoms with E-state index in [-0.39, 0.29) is 18.9 Å². The molecule has 1 unspecified atom stereocenters. The van der Waals surface area contributed by atoms with E-state index in [2.05, 4.69) is 10.6 Å². The predicted octanol–water partition coefficient (Wildman–Crippen LogP) is 0.694. The maximum atomic E-state index is 12.2. The Labute approximate surface area is 124 Å². The van der Waals surface area contributed by atoms with Gasteiger partial charge in [0, 0.05) is 25.6 Å². The minimum absolute atomic E-state index is 0.0718. The summed E-state index contributed by atoms with van der Waals surface area (Å²) in [5.74, 6) is -1.05. The zero-order valence-electron chi connectivity index (χ0n) is 12.4. The van der Waals surface area contributed by atoms with Crippen molar-refractivity contribution in [2.45, 2.75) is 57.0 Å². The van der Waals surface area contributed by atoms with E-state index in [1.54, 1.807) is 6.92 Å². The molecule has 0 aromatic heterocycles. The molecule has 0 radical (unpaired) electrons. The van der Waals surface area contributed by atoms with Gasteiger partial charge in [-0.25, -0.2) is 9.59 Å². The summed E-state index contributed by atoms with van der Waals surface area (Å²) in [6.07, 6.45) is 4.35. The highest BCUT2D eigenvalue weighted by Gasteiger charge is 2.43. The van der Waals surface area contributed by atoms with Gasteiger partial charge in [-0.15, -0.1) is 0 Å². The van der Waals surface area contributed by atoms with Crippen molar-refractivity contribution in [2.24, 2.45) is 0 Å². The predicted molar refractivity (Wildman–Crippen MR) is 75.8 cm³/mol. The third-order valence-corrected chi connectivity index (χ3v) is 4.17. The van der Waals surface area contributed by atoms with E-state index in [0.29, 0.717) is 19.0 Å². The van der Waals surface area contributed by atoms with Crippen LogP contribution in [0.5, 0.6) is 0 Å².